The quantitative estimate of drug-likeness (QED) is 0.0888. The summed E-state index contributed by atoms with van der Waals surface area (Å²) in [6, 6.07) is 20.7. The monoisotopic (exact) mass is 727 g/mol. The van der Waals surface area contributed by atoms with Crippen LogP contribution in [0.3, 0.4) is 0 Å². The molecule has 0 saturated carbocycles. The van der Waals surface area contributed by atoms with Gasteiger partial charge in [-0.05, 0) is 84.5 Å². The summed E-state index contributed by atoms with van der Waals surface area (Å²) in [7, 11) is 1.31. The number of aliphatic hydroxyl groups is 2. The van der Waals surface area contributed by atoms with Gasteiger partial charge in [0.05, 0.1) is 31.6 Å². The Hall–Kier alpha value is -5.21. The van der Waals surface area contributed by atoms with Gasteiger partial charge in [0.15, 0.2) is 11.5 Å². The van der Waals surface area contributed by atoms with Gasteiger partial charge in [-0.2, -0.15) is 13.2 Å². The second kappa shape index (κ2) is 18.3. The fraction of sp³-hybridized carbons (Fsp3) is 0.342. The number of alkyl halides is 3. The number of ether oxygens (including phenoxy) is 3. The molecule has 2 amide bonds. The summed E-state index contributed by atoms with van der Waals surface area (Å²) < 4.78 is 74.3. The van der Waals surface area contributed by atoms with E-state index in [1.165, 1.54) is 37.4 Å². The summed E-state index contributed by atoms with van der Waals surface area (Å²) in [5.74, 6) is -1.60. The minimum Gasteiger partial charge on any atom is -0.493 e. The van der Waals surface area contributed by atoms with Gasteiger partial charge in [0, 0.05) is 17.7 Å². The predicted molar refractivity (Wildman–Crippen MR) is 184 cm³/mol. The van der Waals surface area contributed by atoms with Crippen molar-refractivity contribution in [1.82, 2.24) is 15.6 Å². The van der Waals surface area contributed by atoms with Gasteiger partial charge < -0.3 is 35.1 Å². The Morgan fingerprint density at radius 1 is 0.923 bits per heavy atom. The molecule has 4 rings (SSSR count). The van der Waals surface area contributed by atoms with Crippen LogP contribution >= 0.6 is 0 Å². The van der Waals surface area contributed by atoms with E-state index in [9.17, 15) is 32.3 Å². The number of pyridine rings is 1. The lowest BCUT2D eigenvalue weighted by Gasteiger charge is -2.31. The van der Waals surface area contributed by atoms with Gasteiger partial charge in [-0.3, -0.25) is 4.79 Å². The Balaban J connectivity index is 1.62. The van der Waals surface area contributed by atoms with Gasteiger partial charge >= 0.3 is 12.3 Å². The van der Waals surface area contributed by atoms with Crippen LogP contribution in [0.1, 0.15) is 59.3 Å². The fourth-order valence-corrected chi connectivity index (χ4v) is 5.45. The van der Waals surface area contributed by atoms with E-state index >= 15 is 0 Å². The Labute approximate surface area is 298 Å². The van der Waals surface area contributed by atoms with Crippen LogP contribution in [0, 0.1) is 5.82 Å². The summed E-state index contributed by atoms with van der Waals surface area (Å²) in [5.41, 5.74) is -2.98. The van der Waals surface area contributed by atoms with E-state index in [1.807, 2.05) is 37.3 Å². The van der Waals surface area contributed by atoms with E-state index in [0.717, 1.165) is 23.8 Å². The average molecular weight is 728 g/mol. The molecule has 0 aliphatic heterocycles. The maximum atomic E-state index is 14.9. The van der Waals surface area contributed by atoms with Crippen LogP contribution in [0.2, 0.25) is 0 Å². The molecule has 1 aromatic heterocycles. The lowest BCUT2D eigenvalue weighted by Crippen LogP contribution is -2.51. The Morgan fingerprint density at radius 3 is 2.31 bits per heavy atom. The molecule has 4 N–H and O–H groups in total. The average Bonchev–Trinajstić information content (AvgIpc) is 3.14. The minimum atomic E-state index is -5.31. The van der Waals surface area contributed by atoms with Crippen molar-refractivity contribution in [3.8, 4) is 22.8 Å². The second-order valence-corrected chi connectivity index (χ2v) is 11.9. The number of alkyl carbamates (subject to hydrolysis) is 1. The molecule has 1 heterocycles. The predicted octanol–water partition coefficient (Wildman–Crippen LogP) is 6.65. The smallest absolute Gasteiger partial charge is 0.424 e. The summed E-state index contributed by atoms with van der Waals surface area (Å²) >= 11 is 0. The number of aromatic nitrogens is 1. The number of amides is 2. The molecular weight excluding hydrogens is 686 g/mol. The van der Waals surface area contributed by atoms with Gasteiger partial charge in [-0.25, -0.2) is 14.2 Å². The Kier molecular flexibility index (Phi) is 14.0. The number of methoxy groups -OCH3 is 1. The largest absolute Gasteiger partial charge is 0.493 e. The zero-order valence-corrected chi connectivity index (χ0v) is 28.7. The highest BCUT2D eigenvalue weighted by atomic mass is 19.4. The van der Waals surface area contributed by atoms with Crippen molar-refractivity contribution in [1.29, 1.82) is 0 Å². The number of rotatable bonds is 17. The zero-order chi connectivity index (χ0) is 37.7. The topological polar surface area (TPSA) is 139 Å². The van der Waals surface area contributed by atoms with E-state index in [2.05, 4.69) is 15.6 Å². The third-order valence-electron chi connectivity index (χ3n) is 8.24. The van der Waals surface area contributed by atoms with E-state index < -0.39 is 47.8 Å². The SMILES string of the molecule is CCCC(CCNC(=O)OCc1ccccc1)c1cc(-c2ccc(F)cc2)nc(C(O)(CNC(=O)c2ccc(OCCO)c(OC)c2)C(F)(F)F)c1. The van der Waals surface area contributed by atoms with Crippen molar-refractivity contribution in [2.75, 3.05) is 33.4 Å². The summed E-state index contributed by atoms with van der Waals surface area (Å²) in [4.78, 5) is 29.7. The van der Waals surface area contributed by atoms with Gasteiger partial charge in [0.2, 0.25) is 5.60 Å². The van der Waals surface area contributed by atoms with Gasteiger partial charge in [-0.15, -0.1) is 0 Å². The number of carbonyl (C=O) groups is 2. The zero-order valence-electron chi connectivity index (χ0n) is 28.7. The summed E-state index contributed by atoms with van der Waals surface area (Å²) in [5, 5.41) is 25.3. The van der Waals surface area contributed by atoms with Crippen LogP contribution < -0.4 is 20.1 Å². The maximum Gasteiger partial charge on any atom is 0.424 e. The van der Waals surface area contributed by atoms with Crippen LogP contribution in [0.5, 0.6) is 11.5 Å². The number of nitrogens with one attached hydrogen (secondary N) is 2. The van der Waals surface area contributed by atoms with Crippen molar-refractivity contribution in [2.24, 2.45) is 0 Å². The normalized spacial score (nSPS) is 13.1. The van der Waals surface area contributed by atoms with E-state index in [0.29, 0.717) is 30.4 Å². The first-order valence-electron chi connectivity index (χ1n) is 16.6. The molecule has 3 aromatic carbocycles. The van der Waals surface area contributed by atoms with Crippen LogP contribution in [-0.2, 0) is 16.9 Å². The van der Waals surface area contributed by atoms with Crippen LogP contribution in [-0.4, -0.2) is 66.8 Å². The third kappa shape index (κ3) is 10.4. The number of hydrogen-bond acceptors (Lipinski definition) is 8. The van der Waals surface area contributed by atoms with Crippen molar-refractivity contribution in [2.45, 2.75) is 50.5 Å². The molecule has 2 atom stereocenters. The number of carbonyl (C=O) groups excluding carboxylic acids is 2. The first-order valence-corrected chi connectivity index (χ1v) is 16.6. The summed E-state index contributed by atoms with van der Waals surface area (Å²) in [6.45, 7) is 0.466. The number of aliphatic hydroxyl groups excluding tert-OH is 1. The molecule has 0 fully saturated rings. The molecule has 52 heavy (non-hydrogen) atoms. The van der Waals surface area contributed by atoms with Gasteiger partial charge in [0.1, 0.15) is 19.0 Å². The first-order chi connectivity index (χ1) is 24.9. The molecule has 0 radical (unpaired) electrons. The van der Waals surface area contributed by atoms with Crippen LogP contribution in [0.25, 0.3) is 11.3 Å². The molecular formula is C38H41F4N3O7. The molecule has 2 unspecified atom stereocenters. The highest BCUT2D eigenvalue weighted by Gasteiger charge is 2.56. The minimum absolute atomic E-state index is 0.0426. The lowest BCUT2D eigenvalue weighted by atomic mass is 9.87. The van der Waals surface area contributed by atoms with E-state index in [-0.39, 0.29) is 49.1 Å². The van der Waals surface area contributed by atoms with Crippen molar-refractivity contribution >= 4 is 12.0 Å². The number of benzene rings is 3. The van der Waals surface area contributed by atoms with Gasteiger partial charge in [0.25, 0.3) is 5.91 Å². The molecule has 0 aliphatic rings. The molecule has 0 saturated heterocycles. The maximum absolute atomic E-state index is 14.9. The standard InChI is InChI=1S/C38H41F4N3O7/c1-3-7-26(16-17-43-36(48)52-23-25-8-5-4-6-9-25)29-20-31(27-10-13-30(39)14-11-27)45-34(22-29)37(49,38(40,41)42)24-44-35(47)28-12-15-32(51-19-18-46)33(21-28)50-2/h4-6,8-15,20-22,26,46,49H,3,7,16-19,23-24H2,1-2H3,(H,43,48)(H,44,47). The van der Waals surface area contributed by atoms with Gasteiger partial charge in [-0.1, -0.05) is 43.7 Å². The van der Waals surface area contributed by atoms with Crippen molar-refractivity contribution < 1.29 is 51.6 Å². The number of halogens is 4. The third-order valence-corrected chi connectivity index (χ3v) is 8.24. The van der Waals surface area contributed by atoms with Crippen molar-refractivity contribution in [3.63, 3.8) is 0 Å². The first kappa shape index (κ1) is 39.6. The molecule has 10 nitrogen and oxygen atoms in total. The molecule has 0 aliphatic carbocycles. The number of nitrogens with zero attached hydrogens (tertiary/aromatic N) is 1. The highest BCUT2D eigenvalue weighted by molar-refractivity contribution is 5.95. The molecule has 14 heteroatoms. The van der Waals surface area contributed by atoms with Crippen LogP contribution in [0.4, 0.5) is 22.4 Å². The molecule has 0 bridgehead atoms. The number of hydrogen-bond donors (Lipinski definition) is 4. The van der Waals surface area contributed by atoms with E-state index in [1.54, 1.807) is 6.07 Å². The fourth-order valence-electron chi connectivity index (χ4n) is 5.45. The Morgan fingerprint density at radius 2 is 1.65 bits per heavy atom. The molecule has 0 spiro atoms. The molecule has 278 valence electrons. The Bertz CT molecular complexity index is 1780. The van der Waals surface area contributed by atoms with Crippen LogP contribution in [0.15, 0.2) is 84.9 Å². The lowest BCUT2D eigenvalue weighted by molar-refractivity contribution is -0.265. The van der Waals surface area contributed by atoms with Crippen molar-refractivity contribution in [3.05, 3.63) is 113 Å². The molecule has 4 aromatic rings. The highest BCUT2D eigenvalue weighted by Crippen LogP contribution is 2.40. The van der Waals surface area contributed by atoms with E-state index in [4.69, 9.17) is 19.3 Å². The summed E-state index contributed by atoms with van der Waals surface area (Å²) in [6.07, 6.45) is -4.51. The second-order valence-electron chi connectivity index (χ2n) is 11.9.